The molecule has 1 aliphatic carbocycles. The van der Waals surface area contributed by atoms with Gasteiger partial charge in [0.1, 0.15) is 17.4 Å². The molecule has 0 saturated heterocycles. The van der Waals surface area contributed by atoms with Gasteiger partial charge >= 0.3 is 16.8 Å². The summed E-state index contributed by atoms with van der Waals surface area (Å²) in [7, 11) is -2.12. The lowest BCUT2D eigenvalue weighted by Crippen LogP contribution is -2.41. The second kappa shape index (κ2) is 14.2. The molecule has 0 spiro atoms. The highest BCUT2D eigenvalue weighted by atomic mass is 32.2. The summed E-state index contributed by atoms with van der Waals surface area (Å²) in [6, 6.07) is 13.7. The highest BCUT2D eigenvalue weighted by Gasteiger charge is 2.47. The molecule has 3 aromatic rings. The van der Waals surface area contributed by atoms with E-state index in [1.165, 1.54) is 25.1 Å². The number of esters is 2. The average molecular weight is 608 g/mol. The number of nitrogens with zero attached hydrogens (tertiary/aromatic N) is 1. The zero-order valence-electron chi connectivity index (χ0n) is 24.2. The fourth-order valence-corrected chi connectivity index (χ4v) is 6.06. The van der Waals surface area contributed by atoms with Gasteiger partial charge in [-0.2, -0.15) is 0 Å². The van der Waals surface area contributed by atoms with Gasteiger partial charge in [-0.3, -0.25) is 14.9 Å². The Morgan fingerprint density at radius 3 is 2.33 bits per heavy atom. The van der Waals surface area contributed by atoms with Crippen LogP contribution < -0.4 is 14.2 Å². The third-order valence-corrected chi connectivity index (χ3v) is 8.32. The van der Waals surface area contributed by atoms with E-state index < -0.39 is 32.5 Å². The van der Waals surface area contributed by atoms with Gasteiger partial charge in [0.25, 0.3) is 0 Å². The van der Waals surface area contributed by atoms with Gasteiger partial charge in [-0.05, 0) is 42.0 Å². The monoisotopic (exact) mass is 607 g/mol. The first kappa shape index (κ1) is 31.6. The van der Waals surface area contributed by atoms with Crippen molar-refractivity contribution in [1.82, 2.24) is 0 Å². The van der Waals surface area contributed by atoms with E-state index in [4.69, 9.17) is 18.9 Å². The van der Waals surface area contributed by atoms with E-state index in [1.807, 2.05) is 44.2 Å². The van der Waals surface area contributed by atoms with Crippen LogP contribution >= 0.6 is 0 Å². The summed E-state index contributed by atoms with van der Waals surface area (Å²) >= 11 is 0. The molecule has 0 saturated carbocycles. The minimum absolute atomic E-state index is 0.0504. The van der Waals surface area contributed by atoms with Crippen LogP contribution in [0.1, 0.15) is 40.0 Å². The Balaban J connectivity index is 2.03. The quantitative estimate of drug-likeness (QED) is 0.0738. The molecule has 226 valence electrons. The maximum Gasteiger partial charge on any atom is 0.337 e. The molecule has 2 unspecified atom stereocenters. The van der Waals surface area contributed by atoms with E-state index in [0.717, 1.165) is 0 Å². The Morgan fingerprint density at radius 2 is 1.70 bits per heavy atom. The smallest absolute Gasteiger partial charge is 0.337 e. The van der Waals surface area contributed by atoms with Crippen molar-refractivity contribution in [2.24, 2.45) is 0 Å². The lowest BCUT2D eigenvalue weighted by atomic mass is 9.95. The number of hydrogen-bond donors (Lipinski definition) is 0. The number of ether oxygens (including phenoxy) is 4. The summed E-state index contributed by atoms with van der Waals surface area (Å²) in [6.45, 7) is 5.29. The van der Waals surface area contributed by atoms with Gasteiger partial charge < -0.3 is 18.9 Å². The molecule has 0 radical (unpaired) electrons. The molecule has 10 nitrogen and oxygen atoms in total. The van der Waals surface area contributed by atoms with Crippen molar-refractivity contribution in [2.45, 2.75) is 49.8 Å². The molecular weight excluding hydrogens is 574 g/mol. The van der Waals surface area contributed by atoms with Crippen LogP contribution in [0.4, 0.5) is 0 Å². The van der Waals surface area contributed by atoms with E-state index in [2.05, 4.69) is 0 Å². The number of carbonyl (C=O) groups is 2. The van der Waals surface area contributed by atoms with Crippen LogP contribution in [0.5, 0.6) is 17.2 Å². The Labute approximate surface area is 251 Å². The lowest BCUT2D eigenvalue weighted by molar-refractivity contribution is -0.525. The van der Waals surface area contributed by atoms with Crippen LogP contribution in [0.15, 0.2) is 77.7 Å². The molecule has 4 rings (SSSR count). The number of fused-ring (bicyclic) bond motifs is 1. The van der Waals surface area contributed by atoms with Crippen LogP contribution in [0.2, 0.25) is 0 Å². The van der Waals surface area contributed by atoms with Gasteiger partial charge in [-0.25, -0.2) is 9.00 Å². The Morgan fingerprint density at radius 1 is 0.953 bits per heavy atom. The Kier molecular flexibility index (Phi) is 10.4. The maximum atomic E-state index is 13.9. The zero-order chi connectivity index (χ0) is 31.0. The Bertz CT molecular complexity index is 1600. The molecule has 11 heteroatoms. The number of benzene rings is 3. The molecule has 0 aliphatic heterocycles. The van der Waals surface area contributed by atoms with Crippen molar-refractivity contribution in [3.63, 3.8) is 0 Å². The fourth-order valence-electron chi connectivity index (χ4n) is 4.65. The summed E-state index contributed by atoms with van der Waals surface area (Å²) in [4.78, 5) is 35.2. The standard InChI is InChI=1S/C32H33NO9S/c1-4-18-39-21-27(35)42-31-29(41-22(3)34)25-15-14-24(43(38)32(33(36)37)16-10-7-11-17-32)20-26(25)28(30(31)40-19-5-2)23-12-8-6-9-13-23/h6-16,20H,4-5,17-19,21H2,1-3H3. The maximum absolute atomic E-state index is 13.9. The summed E-state index contributed by atoms with van der Waals surface area (Å²) < 4.78 is 36.9. The van der Waals surface area contributed by atoms with E-state index in [0.29, 0.717) is 41.3 Å². The average Bonchev–Trinajstić information content (AvgIpc) is 3.01. The summed E-state index contributed by atoms with van der Waals surface area (Å²) in [5, 5.41) is 13.0. The molecule has 0 bridgehead atoms. The third-order valence-electron chi connectivity index (χ3n) is 6.55. The largest absolute Gasteiger partial charge is 0.489 e. The topological polar surface area (TPSA) is 131 Å². The lowest BCUT2D eigenvalue weighted by Gasteiger charge is -2.24. The number of nitro groups is 1. The van der Waals surface area contributed by atoms with Crippen molar-refractivity contribution in [3.8, 4) is 28.4 Å². The molecular formula is C32H33NO9S. The SMILES string of the molecule is CCCOCC(=O)Oc1c(OCCC)c(-c2ccccc2)c2cc(S(=O)C3([N+](=O)[O-])C=CC=CC3)ccc2c1OC(C)=O. The fraction of sp³-hybridized carbons (Fsp3) is 0.312. The molecule has 0 fully saturated rings. The number of hydrogen-bond acceptors (Lipinski definition) is 9. The van der Waals surface area contributed by atoms with Gasteiger partial charge in [0.2, 0.25) is 5.75 Å². The molecule has 2 atom stereocenters. The van der Waals surface area contributed by atoms with Crippen molar-refractivity contribution < 1.29 is 37.7 Å². The first-order chi connectivity index (χ1) is 20.7. The predicted octanol–water partition coefficient (Wildman–Crippen LogP) is 6.15. The highest BCUT2D eigenvalue weighted by molar-refractivity contribution is 7.86. The molecule has 3 aromatic carbocycles. The van der Waals surface area contributed by atoms with Crippen LogP contribution in [0.3, 0.4) is 0 Å². The van der Waals surface area contributed by atoms with Crippen LogP contribution in [-0.2, 0) is 25.1 Å². The zero-order valence-corrected chi connectivity index (χ0v) is 25.0. The van der Waals surface area contributed by atoms with Crippen molar-refractivity contribution in [3.05, 3.63) is 82.9 Å². The van der Waals surface area contributed by atoms with Gasteiger partial charge in [-0.1, -0.05) is 62.4 Å². The number of rotatable bonds is 13. The van der Waals surface area contributed by atoms with Crippen molar-refractivity contribution >= 4 is 33.5 Å². The van der Waals surface area contributed by atoms with Gasteiger partial charge in [-0.15, -0.1) is 0 Å². The van der Waals surface area contributed by atoms with Crippen LogP contribution in [-0.4, -0.2) is 45.8 Å². The molecule has 0 aromatic heterocycles. The van der Waals surface area contributed by atoms with E-state index in [9.17, 15) is 23.9 Å². The summed E-state index contributed by atoms with van der Waals surface area (Å²) in [6.07, 6.45) is 7.40. The van der Waals surface area contributed by atoms with Crippen LogP contribution in [0, 0.1) is 10.1 Å². The Hall–Kier alpha value is -4.35. The first-order valence-corrected chi connectivity index (χ1v) is 15.1. The second-order valence-corrected chi connectivity index (χ2v) is 11.5. The third kappa shape index (κ3) is 6.84. The molecule has 0 heterocycles. The number of carbonyl (C=O) groups excluding carboxylic acids is 2. The molecule has 1 aliphatic rings. The van der Waals surface area contributed by atoms with Crippen LogP contribution in [0.25, 0.3) is 21.9 Å². The summed E-state index contributed by atoms with van der Waals surface area (Å²) in [5.41, 5.74) is 1.14. The van der Waals surface area contributed by atoms with Gasteiger partial charge in [0.15, 0.2) is 11.5 Å². The second-order valence-electron chi connectivity index (χ2n) is 9.77. The van der Waals surface area contributed by atoms with E-state index in [1.54, 1.807) is 24.3 Å². The minimum Gasteiger partial charge on any atom is -0.489 e. The molecule has 43 heavy (non-hydrogen) atoms. The van der Waals surface area contributed by atoms with Crippen molar-refractivity contribution in [2.75, 3.05) is 19.8 Å². The highest BCUT2D eigenvalue weighted by Crippen LogP contribution is 2.52. The molecule has 0 amide bonds. The van der Waals surface area contributed by atoms with Crippen molar-refractivity contribution in [1.29, 1.82) is 0 Å². The predicted molar refractivity (Wildman–Crippen MR) is 162 cm³/mol. The first-order valence-electron chi connectivity index (χ1n) is 13.9. The van der Waals surface area contributed by atoms with E-state index >= 15 is 0 Å². The number of allylic oxidation sites excluding steroid dienone is 2. The summed E-state index contributed by atoms with van der Waals surface area (Å²) in [5.74, 6) is -1.43. The molecule has 0 N–H and O–H groups in total. The van der Waals surface area contributed by atoms with Gasteiger partial charge in [0, 0.05) is 40.4 Å². The normalized spacial score (nSPS) is 16.5. The van der Waals surface area contributed by atoms with Gasteiger partial charge in [0.05, 0.1) is 13.0 Å². The van der Waals surface area contributed by atoms with E-state index in [-0.39, 0.29) is 41.8 Å². The minimum atomic E-state index is -2.12.